The second kappa shape index (κ2) is 6.23. The van der Waals surface area contributed by atoms with Gasteiger partial charge < -0.3 is 20.1 Å². The third-order valence-electron chi connectivity index (χ3n) is 4.03. The molecule has 1 saturated carbocycles. The summed E-state index contributed by atoms with van der Waals surface area (Å²) in [6.45, 7) is 3.76. The summed E-state index contributed by atoms with van der Waals surface area (Å²) in [6.07, 6.45) is 2.81. The largest absolute Gasteiger partial charge is 0.481 e. The van der Waals surface area contributed by atoms with Crippen molar-refractivity contribution in [3.63, 3.8) is 0 Å². The zero-order chi connectivity index (χ0) is 13.8. The van der Waals surface area contributed by atoms with Crippen molar-refractivity contribution in [1.29, 1.82) is 0 Å². The van der Waals surface area contributed by atoms with Crippen LogP contribution < -0.4 is 5.32 Å². The van der Waals surface area contributed by atoms with E-state index in [-0.39, 0.29) is 24.0 Å². The fraction of sp³-hybridized carbons (Fsp3) is 0.846. The maximum absolute atomic E-state index is 12.1. The molecule has 1 saturated heterocycles. The minimum atomic E-state index is -0.716. The maximum atomic E-state index is 12.1. The second-order valence-electron chi connectivity index (χ2n) is 5.45. The Morgan fingerprint density at radius 2 is 1.95 bits per heavy atom. The molecule has 6 heteroatoms. The number of aliphatic carboxylic acids is 1. The molecule has 108 valence electrons. The summed E-state index contributed by atoms with van der Waals surface area (Å²) in [7, 11) is 0. The lowest BCUT2D eigenvalue weighted by atomic mass is 9.86. The SMILES string of the molecule is C[C@@H]1COCCN1C(=O)NC1CCC(C(=O)O)CC1. The molecular formula is C13H22N2O4. The van der Waals surface area contributed by atoms with Gasteiger partial charge in [0.25, 0.3) is 0 Å². The van der Waals surface area contributed by atoms with Crippen molar-refractivity contribution in [2.45, 2.75) is 44.7 Å². The highest BCUT2D eigenvalue weighted by molar-refractivity contribution is 5.75. The fourth-order valence-corrected chi connectivity index (χ4v) is 2.77. The normalized spacial score (nSPS) is 31.8. The number of amides is 2. The Labute approximate surface area is 113 Å². The van der Waals surface area contributed by atoms with Crippen LogP contribution in [0.25, 0.3) is 0 Å². The van der Waals surface area contributed by atoms with Gasteiger partial charge in [-0.05, 0) is 32.6 Å². The quantitative estimate of drug-likeness (QED) is 0.786. The average molecular weight is 270 g/mol. The predicted molar refractivity (Wildman–Crippen MR) is 68.9 cm³/mol. The van der Waals surface area contributed by atoms with E-state index < -0.39 is 5.97 Å². The summed E-state index contributed by atoms with van der Waals surface area (Å²) < 4.78 is 5.31. The van der Waals surface area contributed by atoms with Gasteiger partial charge in [0.1, 0.15) is 0 Å². The molecule has 0 aromatic rings. The van der Waals surface area contributed by atoms with E-state index in [1.165, 1.54) is 0 Å². The van der Waals surface area contributed by atoms with Gasteiger partial charge in [-0.3, -0.25) is 4.79 Å². The van der Waals surface area contributed by atoms with E-state index in [2.05, 4.69) is 5.32 Å². The Morgan fingerprint density at radius 3 is 2.53 bits per heavy atom. The van der Waals surface area contributed by atoms with E-state index in [4.69, 9.17) is 9.84 Å². The monoisotopic (exact) mass is 270 g/mol. The summed E-state index contributed by atoms with van der Waals surface area (Å²) in [5.74, 6) is -0.956. The number of rotatable bonds is 2. The minimum absolute atomic E-state index is 0.0467. The molecule has 1 heterocycles. The lowest BCUT2D eigenvalue weighted by Crippen LogP contribution is -2.53. The van der Waals surface area contributed by atoms with E-state index in [9.17, 15) is 9.59 Å². The summed E-state index contributed by atoms with van der Waals surface area (Å²) in [6, 6.07) is 0.164. The molecule has 0 spiro atoms. The van der Waals surface area contributed by atoms with Crippen LogP contribution in [0, 0.1) is 5.92 Å². The molecule has 2 rings (SSSR count). The third-order valence-corrected chi connectivity index (χ3v) is 4.03. The number of carboxylic acid groups (broad SMARTS) is 1. The molecule has 2 N–H and O–H groups in total. The summed E-state index contributed by atoms with van der Waals surface area (Å²) in [4.78, 5) is 24.8. The van der Waals surface area contributed by atoms with Crippen molar-refractivity contribution in [2.24, 2.45) is 5.92 Å². The van der Waals surface area contributed by atoms with Crippen LogP contribution in [0.15, 0.2) is 0 Å². The van der Waals surface area contributed by atoms with Crippen molar-refractivity contribution >= 4 is 12.0 Å². The number of carbonyl (C=O) groups is 2. The standard InChI is InChI=1S/C13H22N2O4/c1-9-8-19-7-6-15(9)13(18)14-11-4-2-10(3-5-11)12(16)17/h9-11H,2-8H2,1H3,(H,14,18)(H,16,17)/t9-,10?,11?/m1/s1. The third kappa shape index (κ3) is 3.59. The van der Waals surface area contributed by atoms with Crippen LogP contribution >= 0.6 is 0 Å². The zero-order valence-corrected chi connectivity index (χ0v) is 11.3. The fourth-order valence-electron chi connectivity index (χ4n) is 2.77. The number of hydrogen-bond donors (Lipinski definition) is 2. The van der Waals surface area contributed by atoms with Crippen LogP contribution in [0.1, 0.15) is 32.6 Å². The Balaban J connectivity index is 1.78. The molecule has 1 atom stereocenters. The van der Waals surface area contributed by atoms with E-state index >= 15 is 0 Å². The van der Waals surface area contributed by atoms with E-state index in [0.717, 1.165) is 12.8 Å². The number of nitrogens with zero attached hydrogens (tertiary/aromatic N) is 1. The molecule has 19 heavy (non-hydrogen) atoms. The van der Waals surface area contributed by atoms with Crippen molar-refractivity contribution < 1.29 is 19.4 Å². The van der Waals surface area contributed by atoms with Crippen LogP contribution in [0.2, 0.25) is 0 Å². The van der Waals surface area contributed by atoms with Gasteiger partial charge in [-0.15, -0.1) is 0 Å². The second-order valence-corrected chi connectivity index (χ2v) is 5.45. The molecule has 2 fully saturated rings. The van der Waals surface area contributed by atoms with E-state index in [0.29, 0.717) is 32.6 Å². The number of ether oxygens (including phenoxy) is 1. The first-order valence-corrected chi connectivity index (χ1v) is 6.95. The lowest BCUT2D eigenvalue weighted by Gasteiger charge is -2.35. The Kier molecular flexibility index (Phi) is 4.63. The lowest BCUT2D eigenvalue weighted by molar-refractivity contribution is -0.142. The van der Waals surface area contributed by atoms with Gasteiger partial charge in [0.15, 0.2) is 0 Å². The first-order valence-electron chi connectivity index (χ1n) is 6.95. The number of urea groups is 1. The molecule has 0 radical (unpaired) electrons. The van der Waals surface area contributed by atoms with Gasteiger partial charge in [-0.2, -0.15) is 0 Å². The highest BCUT2D eigenvalue weighted by Crippen LogP contribution is 2.24. The molecule has 0 unspecified atom stereocenters. The Hall–Kier alpha value is -1.30. The number of carbonyl (C=O) groups excluding carboxylic acids is 1. The highest BCUT2D eigenvalue weighted by atomic mass is 16.5. The van der Waals surface area contributed by atoms with Crippen molar-refractivity contribution in [1.82, 2.24) is 10.2 Å². The van der Waals surface area contributed by atoms with Crippen LogP contribution in [0.5, 0.6) is 0 Å². The zero-order valence-electron chi connectivity index (χ0n) is 11.3. The minimum Gasteiger partial charge on any atom is -0.481 e. The van der Waals surface area contributed by atoms with Gasteiger partial charge in [0.05, 0.1) is 25.2 Å². The molecule has 0 aromatic carbocycles. The van der Waals surface area contributed by atoms with Crippen LogP contribution in [-0.2, 0) is 9.53 Å². The molecule has 6 nitrogen and oxygen atoms in total. The van der Waals surface area contributed by atoms with Crippen LogP contribution in [-0.4, -0.2) is 53.8 Å². The van der Waals surface area contributed by atoms with Gasteiger partial charge >= 0.3 is 12.0 Å². The van der Waals surface area contributed by atoms with Gasteiger partial charge in [0.2, 0.25) is 0 Å². The molecular weight excluding hydrogens is 248 g/mol. The molecule has 0 aromatic heterocycles. The van der Waals surface area contributed by atoms with Crippen LogP contribution in [0.3, 0.4) is 0 Å². The molecule has 0 bridgehead atoms. The Morgan fingerprint density at radius 1 is 1.26 bits per heavy atom. The topological polar surface area (TPSA) is 78.9 Å². The molecule has 2 amide bonds. The molecule has 1 aliphatic heterocycles. The van der Waals surface area contributed by atoms with E-state index in [1.54, 1.807) is 4.90 Å². The first kappa shape index (κ1) is 14.1. The summed E-state index contributed by atoms with van der Waals surface area (Å²) >= 11 is 0. The molecule has 2 aliphatic rings. The predicted octanol–water partition coefficient (Wildman–Crippen LogP) is 1.06. The summed E-state index contributed by atoms with van der Waals surface area (Å²) in [5, 5.41) is 12.0. The van der Waals surface area contributed by atoms with Gasteiger partial charge in [0, 0.05) is 12.6 Å². The van der Waals surface area contributed by atoms with Crippen molar-refractivity contribution in [2.75, 3.05) is 19.8 Å². The first-order chi connectivity index (χ1) is 9.08. The summed E-state index contributed by atoms with van der Waals surface area (Å²) in [5.41, 5.74) is 0. The number of morpholine rings is 1. The average Bonchev–Trinajstić information content (AvgIpc) is 2.39. The highest BCUT2D eigenvalue weighted by Gasteiger charge is 2.29. The smallest absolute Gasteiger partial charge is 0.318 e. The van der Waals surface area contributed by atoms with Gasteiger partial charge in [-0.1, -0.05) is 0 Å². The Bertz CT molecular complexity index is 340. The van der Waals surface area contributed by atoms with Crippen LogP contribution in [0.4, 0.5) is 4.79 Å². The van der Waals surface area contributed by atoms with E-state index in [1.807, 2.05) is 6.92 Å². The van der Waals surface area contributed by atoms with Crippen molar-refractivity contribution in [3.8, 4) is 0 Å². The number of nitrogens with one attached hydrogen (secondary N) is 1. The maximum Gasteiger partial charge on any atom is 0.318 e. The van der Waals surface area contributed by atoms with Crippen molar-refractivity contribution in [3.05, 3.63) is 0 Å². The number of hydrogen-bond acceptors (Lipinski definition) is 3. The molecule has 1 aliphatic carbocycles. The number of carboxylic acids is 1. The van der Waals surface area contributed by atoms with Gasteiger partial charge in [-0.25, -0.2) is 4.79 Å².